The average molecular weight is 541 g/mol. The minimum Gasteiger partial charge on any atom is -0.383 e. The van der Waals surface area contributed by atoms with Crippen molar-refractivity contribution in [3.63, 3.8) is 0 Å². The SMILES string of the molecule is O=C(Nc1nnc(CCCc2nnc(NC(=O)C(O)Cc3ccccc3)s2)s1)C(O)CC1=CCCC=C1. The van der Waals surface area contributed by atoms with Crippen molar-refractivity contribution in [2.75, 3.05) is 10.6 Å². The van der Waals surface area contributed by atoms with Gasteiger partial charge in [-0.05, 0) is 30.4 Å². The van der Waals surface area contributed by atoms with Crippen LogP contribution in [0.25, 0.3) is 0 Å². The molecule has 10 nitrogen and oxygen atoms in total. The number of amides is 2. The van der Waals surface area contributed by atoms with E-state index >= 15 is 0 Å². The van der Waals surface area contributed by atoms with Crippen LogP contribution in [-0.2, 0) is 28.9 Å². The molecule has 2 aromatic heterocycles. The fraction of sp³-hybridized carbons (Fsp3) is 0.360. The maximum absolute atomic E-state index is 12.3. The van der Waals surface area contributed by atoms with E-state index in [1.54, 1.807) is 0 Å². The summed E-state index contributed by atoms with van der Waals surface area (Å²) >= 11 is 2.52. The molecule has 3 aromatic rings. The summed E-state index contributed by atoms with van der Waals surface area (Å²) in [4.78, 5) is 24.5. The number of anilines is 2. The Hall–Kier alpha value is -3.32. The normalized spacial score (nSPS) is 14.6. The summed E-state index contributed by atoms with van der Waals surface area (Å²) in [6.45, 7) is 0. The molecule has 0 saturated carbocycles. The number of aromatic nitrogens is 4. The highest BCUT2D eigenvalue weighted by Crippen LogP contribution is 2.21. The zero-order valence-corrected chi connectivity index (χ0v) is 21.7. The maximum Gasteiger partial charge on any atom is 0.255 e. The van der Waals surface area contributed by atoms with Crippen molar-refractivity contribution in [2.45, 2.75) is 57.2 Å². The monoisotopic (exact) mass is 540 g/mol. The van der Waals surface area contributed by atoms with Crippen molar-refractivity contribution in [1.82, 2.24) is 20.4 Å². The van der Waals surface area contributed by atoms with Gasteiger partial charge in [0, 0.05) is 25.7 Å². The van der Waals surface area contributed by atoms with Crippen molar-refractivity contribution < 1.29 is 19.8 Å². The van der Waals surface area contributed by atoms with Gasteiger partial charge in [-0.25, -0.2) is 0 Å². The van der Waals surface area contributed by atoms with Crippen molar-refractivity contribution >= 4 is 44.8 Å². The molecule has 2 amide bonds. The molecular formula is C25H28N6O4S2. The number of carbonyl (C=O) groups is 2. The second-order valence-corrected chi connectivity index (χ2v) is 10.6. The van der Waals surface area contributed by atoms with Gasteiger partial charge in [0.25, 0.3) is 11.8 Å². The fourth-order valence-electron chi connectivity index (χ4n) is 3.64. The first-order valence-electron chi connectivity index (χ1n) is 12.0. The van der Waals surface area contributed by atoms with Crippen LogP contribution in [0.4, 0.5) is 10.3 Å². The van der Waals surface area contributed by atoms with Gasteiger partial charge in [-0.15, -0.1) is 20.4 Å². The second kappa shape index (κ2) is 13.3. The number of nitrogens with zero attached hydrogens (tertiary/aromatic N) is 4. The summed E-state index contributed by atoms with van der Waals surface area (Å²) in [7, 11) is 0. The molecule has 194 valence electrons. The Bertz CT molecular complexity index is 1260. The number of rotatable bonds is 12. The largest absolute Gasteiger partial charge is 0.383 e. The summed E-state index contributed by atoms with van der Waals surface area (Å²) in [6.07, 6.45) is 8.06. The van der Waals surface area contributed by atoms with Crippen LogP contribution in [0.5, 0.6) is 0 Å². The van der Waals surface area contributed by atoms with Gasteiger partial charge in [-0.3, -0.25) is 20.2 Å². The van der Waals surface area contributed by atoms with Crippen LogP contribution in [0.1, 0.15) is 41.3 Å². The standard InChI is InChI=1S/C25H28N6O4S2/c32-18(14-16-8-3-1-4-9-16)22(34)26-24-30-28-20(36-24)12-7-13-21-29-31-25(37-21)27-23(35)19(33)15-17-10-5-2-6-11-17/h1,3-5,8-11,18-19,32-33H,2,6-7,12-15H2,(H,26,30,34)(H,27,31,35). The topological polar surface area (TPSA) is 150 Å². The molecular weight excluding hydrogens is 512 g/mol. The molecule has 0 saturated heterocycles. The van der Waals surface area contributed by atoms with Crippen molar-refractivity contribution in [1.29, 1.82) is 0 Å². The van der Waals surface area contributed by atoms with Gasteiger partial charge >= 0.3 is 0 Å². The van der Waals surface area contributed by atoms with Gasteiger partial charge in [0.15, 0.2) is 0 Å². The summed E-state index contributed by atoms with van der Waals surface area (Å²) < 4.78 is 0. The highest BCUT2D eigenvalue weighted by molar-refractivity contribution is 7.15. The molecule has 0 fully saturated rings. The van der Waals surface area contributed by atoms with Crippen LogP contribution in [-0.4, -0.2) is 54.6 Å². The Kier molecular flexibility index (Phi) is 9.60. The first-order chi connectivity index (χ1) is 18.0. The van der Waals surface area contributed by atoms with Crippen LogP contribution in [0.15, 0.2) is 54.1 Å². The molecule has 2 unspecified atom stereocenters. The highest BCUT2D eigenvalue weighted by atomic mass is 32.1. The van der Waals surface area contributed by atoms with Crippen molar-refractivity contribution in [3.05, 3.63) is 69.7 Å². The summed E-state index contributed by atoms with van der Waals surface area (Å²) in [6, 6.07) is 9.30. The summed E-state index contributed by atoms with van der Waals surface area (Å²) in [5, 5.41) is 44.0. The molecule has 0 bridgehead atoms. The lowest BCUT2D eigenvalue weighted by molar-refractivity contribution is -0.124. The number of hydrogen-bond donors (Lipinski definition) is 4. The van der Waals surface area contributed by atoms with E-state index in [-0.39, 0.29) is 12.8 Å². The van der Waals surface area contributed by atoms with Gasteiger partial charge < -0.3 is 10.2 Å². The Labute approximate surface area is 222 Å². The Morgan fingerprint density at radius 2 is 1.43 bits per heavy atom. The lowest BCUT2D eigenvalue weighted by Crippen LogP contribution is -2.29. The van der Waals surface area contributed by atoms with Crippen LogP contribution in [0.2, 0.25) is 0 Å². The Balaban J connectivity index is 1.18. The molecule has 1 aliphatic carbocycles. The van der Waals surface area contributed by atoms with Crippen LogP contribution < -0.4 is 10.6 Å². The summed E-state index contributed by atoms with van der Waals surface area (Å²) in [5.41, 5.74) is 1.82. The molecule has 12 heteroatoms. The van der Waals surface area contributed by atoms with Crippen LogP contribution >= 0.6 is 22.7 Å². The third kappa shape index (κ3) is 8.35. The maximum atomic E-state index is 12.3. The zero-order chi connectivity index (χ0) is 26.0. The predicted molar refractivity (Wildman–Crippen MR) is 142 cm³/mol. The average Bonchev–Trinajstić information content (AvgIpc) is 3.54. The van der Waals surface area contributed by atoms with E-state index in [0.29, 0.717) is 23.1 Å². The minimum atomic E-state index is -1.18. The van der Waals surface area contributed by atoms with E-state index in [9.17, 15) is 19.8 Å². The number of allylic oxidation sites excluding steroid dienone is 3. The smallest absolute Gasteiger partial charge is 0.255 e. The summed E-state index contributed by atoms with van der Waals surface area (Å²) in [5.74, 6) is -1.02. The van der Waals surface area contributed by atoms with Crippen LogP contribution in [0, 0.1) is 0 Å². The number of aliphatic hydroxyl groups excluding tert-OH is 2. The molecule has 2 heterocycles. The van der Waals surface area contributed by atoms with Crippen molar-refractivity contribution in [2.24, 2.45) is 0 Å². The Morgan fingerprint density at radius 3 is 2.00 bits per heavy atom. The van der Waals surface area contributed by atoms with E-state index in [2.05, 4.69) is 31.0 Å². The highest BCUT2D eigenvalue weighted by Gasteiger charge is 2.19. The third-order valence-electron chi connectivity index (χ3n) is 5.55. The van der Waals surface area contributed by atoms with Gasteiger partial charge in [0.05, 0.1) is 0 Å². The van der Waals surface area contributed by atoms with Gasteiger partial charge in [-0.2, -0.15) is 0 Å². The molecule has 0 radical (unpaired) electrons. The minimum absolute atomic E-state index is 0.219. The molecule has 1 aliphatic rings. The first kappa shape index (κ1) is 26.7. The lowest BCUT2D eigenvalue weighted by atomic mass is 10.0. The van der Waals surface area contributed by atoms with E-state index in [1.807, 2.05) is 48.6 Å². The zero-order valence-electron chi connectivity index (χ0n) is 20.0. The molecule has 4 rings (SSSR count). The van der Waals surface area contributed by atoms with Crippen LogP contribution in [0.3, 0.4) is 0 Å². The molecule has 0 spiro atoms. The lowest BCUT2D eigenvalue weighted by Gasteiger charge is -2.12. The second-order valence-electron chi connectivity index (χ2n) is 8.52. The molecule has 37 heavy (non-hydrogen) atoms. The van der Waals surface area contributed by atoms with E-state index in [1.165, 1.54) is 22.7 Å². The predicted octanol–water partition coefficient (Wildman–Crippen LogP) is 3.07. The van der Waals surface area contributed by atoms with Gasteiger partial charge in [0.1, 0.15) is 22.2 Å². The van der Waals surface area contributed by atoms with E-state index < -0.39 is 24.0 Å². The molecule has 1 aromatic carbocycles. The van der Waals surface area contributed by atoms with Crippen molar-refractivity contribution in [3.8, 4) is 0 Å². The van der Waals surface area contributed by atoms with Gasteiger partial charge in [0.2, 0.25) is 10.3 Å². The van der Waals surface area contributed by atoms with E-state index in [4.69, 9.17) is 0 Å². The van der Waals surface area contributed by atoms with E-state index in [0.717, 1.165) is 40.4 Å². The third-order valence-corrected chi connectivity index (χ3v) is 7.35. The Morgan fingerprint density at radius 1 is 0.838 bits per heavy atom. The number of hydrogen-bond acceptors (Lipinski definition) is 10. The molecule has 2 atom stereocenters. The van der Waals surface area contributed by atoms with Gasteiger partial charge in [-0.1, -0.05) is 71.2 Å². The molecule has 0 aliphatic heterocycles. The number of carbonyl (C=O) groups excluding carboxylic acids is 2. The number of aliphatic hydroxyl groups is 2. The number of nitrogens with one attached hydrogen (secondary N) is 2. The molecule has 4 N–H and O–H groups in total. The quantitative estimate of drug-likeness (QED) is 0.274. The fourth-order valence-corrected chi connectivity index (χ4v) is 5.21. The number of benzene rings is 1. The first-order valence-corrected chi connectivity index (χ1v) is 13.6. The number of aryl methyl sites for hydroxylation is 2.